The molecule has 0 aromatic heterocycles. The van der Waals surface area contributed by atoms with Crippen molar-refractivity contribution in [2.75, 3.05) is 32.8 Å². The zero-order valence-electron chi connectivity index (χ0n) is 13.2. The molecule has 1 aliphatic rings. The van der Waals surface area contributed by atoms with Gasteiger partial charge in [0.15, 0.2) is 11.6 Å². The van der Waals surface area contributed by atoms with Crippen LogP contribution in [0.4, 0.5) is 4.39 Å². The van der Waals surface area contributed by atoms with E-state index < -0.39 is 0 Å². The van der Waals surface area contributed by atoms with Crippen molar-refractivity contribution in [1.82, 2.24) is 10.2 Å². The fourth-order valence-electron chi connectivity index (χ4n) is 2.89. The van der Waals surface area contributed by atoms with Gasteiger partial charge in [0.25, 0.3) is 0 Å². The van der Waals surface area contributed by atoms with Crippen molar-refractivity contribution in [1.29, 1.82) is 0 Å². The van der Waals surface area contributed by atoms with Crippen LogP contribution in [0.5, 0.6) is 5.75 Å². The third kappa shape index (κ3) is 4.68. The Bertz CT molecular complexity index is 433. The SMILES string of the molecule is CCNC(C)c1cccc(F)c1OCCN1CCCCC1. The topological polar surface area (TPSA) is 24.5 Å². The van der Waals surface area contributed by atoms with Gasteiger partial charge in [0.2, 0.25) is 0 Å². The van der Waals surface area contributed by atoms with Crippen LogP contribution in [0.3, 0.4) is 0 Å². The maximum Gasteiger partial charge on any atom is 0.165 e. The molecule has 3 nitrogen and oxygen atoms in total. The van der Waals surface area contributed by atoms with E-state index in [-0.39, 0.29) is 11.9 Å². The molecule has 4 heteroatoms. The molecule has 0 bridgehead atoms. The lowest BCUT2D eigenvalue weighted by Gasteiger charge is -2.26. The fraction of sp³-hybridized carbons (Fsp3) is 0.647. The molecule has 1 aromatic carbocycles. The van der Waals surface area contributed by atoms with Crippen LogP contribution in [-0.4, -0.2) is 37.7 Å². The molecule has 1 fully saturated rings. The molecule has 0 aliphatic carbocycles. The van der Waals surface area contributed by atoms with E-state index in [1.54, 1.807) is 6.07 Å². The first kappa shape index (κ1) is 16.2. The van der Waals surface area contributed by atoms with Crippen LogP contribution < -0.4 is 10.1 Å². The molecule has 1 heterocycles. The Morgan fingerprint density at radius 3 is 2.76 bits per heavy atom. The smallest absolute Gasteiger partial charge is 0.165 e. The highest BCUT2D eigenvalue weighted by atomic mass is 19.1. The van der Waals surface area contributed by atoms with E-state index in [9.17, 15) is 4.39 Å². The third-order valence-electron chi connectivity index (χ3n) is 4.08. The Morgan fingerprint density at radius 2 is 2.05 bits per heavy atom. The number of rotatable bonds is 7. The predicted octanol–water partition coefficient (Wildman–Crippen LogP) is 3.36. The number of benzene rings is 1. The number of nitrogens with one attached hydrogen (secondary N) is 1. The first-order chi connectivity index (χ1) is 10.2. The van der Waals surface area contributed by atoms with Crippen molar-refractivity contribution in [2.24, 2.45) is 0 Å². The largest absolute Gasteiger partial charge is 0.489 e. The van der Waals surface area contributed by atoms with Gasteiger partial charge in [-0.3, -0.25) is 4.90 Å². The molecule has 1 aliphatic heterocycles. The second kappa shape index (κ2) is 8.35. The first-order valence-electron chi connectivity index (χ1n) is 8.09. The number of para-hydroxylation sites is 1. The van der Waals surface area contributed by atoms with Crippen molar-refractivity contribution in [3.8, 4) is 5.75 Å². The quantitative estimate of drug-likeness (QED) is 0.834. The third-order valence-corrected chi connectivity index (χ3v) is 4.08. The first-order valence-corrected chi connectivity index (χ1v) is 8.09. The van der Waals surface area contributed by atoms with Crippen LogP contribution in [0.15, 0.2) is 18.2 Å². The number of ether oxygens (including phenoxy) is 1. The number of likely N-dealkylation sites (tertiary alicyclic amines) is 1. The van der Waals surface area contributed by atoms with Gasteiger partial charge in [-0.2, -0.15) is 0 Å². The Labute approximate surface area is 127 Å². The number of halogens is 1. The summed E-state index contributed by atoms with van der Waals surface area (Å²) in [6.45, 7) is 8.64. The number of piperidine rings is 1. The highest BCUT2D eigenvalue weighted by molar-refractivity contribution is 5.37. The van der Waals surface area contributed by atoms with E-state index in [1.807, 2.05) is 19.9 Å². The van der Waals surface area contributed by atoms with Crippen LogP contribution in [0.1, 0.15) is 44.7 Å². The summed E-state index contributed by atoms with van der Waals surface area (Å²) in [5.74, 6) is 0.138. The average Bonchev–Trinajstić information content (AvgIpc) is 2.50. The summed E-state index contributed by atoms with van der Waals surface area (Å²) >= 11 is 0. The Morgan fingerprint density at radius 1 is 1.29 bits per heavy atom. The lowest BCUT2D eigenvalue weighted by atomic mass is 10.1. The maximum absolute atomic E-state index is 14.0. The van der Waals surface area contributed by atoms with Gasteiger partial charge < -0.3 is 10.1 Å². The fourth-order valence-corrected chi connectivity index (χ4v) is 2.89. The Balaban J connectivity index is 1.94. The van der Waals surface area contributed by atoms with Crippen molar-refractivity contribution < 1.29 is 9.13 Å². The normalized spacial score (nSPS) is 17.7. The van der Waals surface area contributed by atoms with Crippen LogP contribution in [0, 0.1) is 5.82 Å². The van der Waals surface area contributed by atoms with Crippen molar-refractivity contribution in [2.45, 2.75) is 39.2 Å². The summed E-state index contributed by atoms with van der Waals surface area (Å²) < 4.78 is 19.8. The Hall–Kier alpha value is -1.13. The Kier molecular flexibility index (Phi) is 6.46. The van der Waals surface area contributed by atoms with Crippen LogP contribution in [0.2, 0.25) is 0 Å². The number of hydrogen-bond acceptors (Lipinski definition) is 3. The van der Waals surface area contributed by atoms with Gasteiger partial charge in [-0.15, -0.1) is 0 Å². The molecule has 1 atom stereocenters. The van der Waals surface area contributed by atoms with Gasteiger partial charge in [-0.05, 0) is 45.5 Å². The predicted molar refractivity (Wildman–Crippen MR) is 84.3 cm³/mol. The van der Waals surface area contributed by atoms with Gasteiger partial charge >= 0.3 is 0 Å². The van der Waals surface area contributed by atoms with E-state index >= 15 is 0 Å². The molecule has 1 saturated heterocycles. The van der Waals surface area contributed by atoms with Crippen LogP contribution in [0.25, 0.3) is 0 Å². The van der Waals surface area contributed by atoms with Gasteiger partial charge in [0.1, 0.15) is 6.61 Å². The average molecular weight is 294 g/mol. The molecule has 2 rings (SSSR count). The van der Waals surface area contributed by atoms with Gasteiger partial charge in [0, 0.05) is 18.2 Å². The minimum Gasteiger partial charge on any atom is -0.489 e. The molecular formula is C17H27FN2O. The highest BCUT2D eigenvalue weighted by Crippen LogP contribution is 2.28. The lowest BCUT2D eigenvalue weighted by molar-refractivity contribution is 0.179. The summed E-state index contributed by atoms with van der Waals surface area (Å²) in [5.41, 5.74) is 0.899. The molecule has 118 valence electrons. The van der Waals surface area contributed by atoms with E-state index in [1.165, 1.54) is 25.3 Å². The number of nitrogens with zero attached hydrogens (tertiary/aromatic N) is 1. The van der Waals surface area contributed by atoms with Crippen molar-refractivity contribution >= 4 is 0 Å². The highest BCUT2D eigenvalue weighted by Gasteiger charge is 2.16. The number of hydrogen-bond donors (Lipinski definition) is 1. The molecule has 1 N–H and O–H groups in total. The summed E-state index contributed by atoms with van der Waals surface area (Å²) in [6.07, 6.45) is 3.86. The molecule has 21 heavy (non-hydrogen) atoms. The standard InChI is InChI=1S/C17H27FN2O/c1-3-19-14(2)15-8-7-9-16(18)17(15)21-13-12-20-10-5-4-6-11-20/h7-9,14,19H,3-6,10-13H2,1-2H3. The molecule has 1 aromatic rings. The lowest BCUT2D eigenvalue weighted by Crippen LogP contribution is -2.33. The van der Waals surface area contributed by atoms with Crippen LogP contribution >= 0.6 is 0 Å². The second-order valence-electron chi connectivity index (χ2n) is 5.69. The van der Waals surface area contributed by atoms with E-state index in [4.69, 9.17) is 4.74 Å². The monoisotopic (exact) mass is 294 g/mol. The molecule has 0 spiro atoms. The molecule has 0 radical (unpaired) electrons. The summed E-state index contributed by atoms with van der Waals surface area (Å²) in [6, 6.07) is 5.25. The molecular weight excluding hydrogens is 267 g/mol. The van der Waals surface area contributed by atoms with Crippen molar-refractivity contribution in [3.63, 3.8) is 0 Å². The van der Waals surface area contributed by atoms with Gasteiger partial charge in [0.05, 0.1) is 0 Å². The second-order valence-corrected chi connectivity index (χ2v) is 5.69. The van der Waals surface area contributed by atoms with E-state index in [0.29, 0.717) is 12.4 Å². The van der Waals surface area contributed by atoms with Gasteiger partial charge in [-0.25, -0.2) is 4.39 Å². The van der Waals surface area contributed by atoms with E-state index in [0.717, 1.165) is 31.7 Å². The molecule has 0 amide bonds. The van der Waals surface area contributed by atoms with Crippen LogP contribution in [-0.2, 0) is 0 Å². The molecule has 0 saturated carbocycles. The minimum absolute atomic E-state index is 0.0932. The minimum atomic E-state index is -0.268. The molecule has 1 unspecified atom stereocenters. The summed E-state index contributed by atoms with van der Waals surface area (Å²) in [7, 11) is 0. The maximum atomic E-state index is 14.0. The zero-order valence-corrected chi connectivity index (χ0v) is 13.2. The van der Waals surface area contributed by atoms with Crippen molar-refractivity contribution in [3.05, 3.63) is 29.6 Å². The van der Waals surface area contributed by atoms with Gasteiger partial charge in [-0.1, -0.05) is 25.5 Å². The summed E-state index contributed by atoms with van der Waals surface area (Å²) in [4.78, 5) is 2.40. The summed E-state index contributed by atoms with van der Waals surface area (Å²) in [5, 5.41) is 3.31. The zero-order chi connectivity index (χ0) is 15.1. The van der Waals surface area contributed by atoms with E-state index in [2.05, 4.69) is 10.2 Å².